The molecule has 7 nitrogen and oxygen atoms in total. The highest BCUT2D eigenvalue weighted by Crippen LogP contribution is 2.33. The van der Waals surface area contributed by atoms with Crippen molar-refractivity contribution in [3.8, 4) is 0 Å². The molecule has 4 rings (SSSR count). The Bertz CT molecular complexity index is 1380. The maximum atomic E-state index is 13.2. The summed E-state index contributed by atoms with van der Waals surface area (Å²) in [4.78, 5) is 18.6. The van der Waals surface area contributed by atoms with Gasteiger partial charge in [-0.15, -0.1) is 5.10 Å². The van der Waals surface area contributed by atoms with Gasteiger partial charge in [0.25, 0.3) is 5.56 Å². The van der Waals surface area contributed by atoms with Crippen LogP contribution in [0.4, 0.5) is 0 Å². The third kappa shape index (κ3) is 5.41. The van der Waals surface area contributed by atoms with Gasteiger partial charge in [-0.05, 0) is 79.1 Å². The van der Waals surface area contributed by atoms with Crippen molar-refractivity contribution in [3.05, 3.63) is 87.0 Å². The maximum absolute atomic E-state index is 13.2. The molecule has 0 saturated heterocycles. The van der Waals surface area contributed by atoms with Gasteiger partial charge in [-0.3, -0.25) is 9.69 Å². The van der Waals surface area contributed by atoms with Crippen LogP contribution in [-0.2, 0) is 18.6 Å². The number of H-pyrrole nitrogens is 1. The average molecular weight is 487 g/mol. The van der Waals surface area contributed by atoms with E-state index in [0.29, 0.717) is 13.1 Å². The molecule has 2 aromatic heterocycles. The first kappa shape index (κ1) is 25.8. The number of hydrogen-bond donors (Lipinski definition) is 1. The zero-order valence-electron chi connectivity index (χ0n) is 22.5. The van der Waals surface area contributed by atoms with Crippen LogP contribution >= 0.6 is 0 Å². The van der Waals surface area contributed by atoms with Gasteiger partial charge in [0.15, 0.2) is 5.82 Å². The van der Waals surface area contributed by atoms with Crippen molar-refractivity contribution < 1.29 is 0 Å². The molecule has 0 unspecified atom stereocenters. The van der Waals surface area contributed by atoms with Gasteiger partial charge in [-0.1, -0.05) is 62.7 Å². The Balaban J connectivity index is 1.81. The van der Waals surface area contributed by atoms with Crippen LogP contribution < -0.4 is 5.56 Å². The van der Waals surface area contributed by atoms with Crippen molar-refractivity contribution in [2.45, 2.75) is 79.6 Å². The lowest BCUT2D eigenvalue weighted by Crippen LogP contribution is -2.38. The molecule has 0 bridgehead atoms. The fourth-order valence-electron chi connectivity index (χ4n) is 4.72. The third-order valence-corrected chi connectivity index (χ3v) is 7.18. The lowest BCUT2D eigenvalue weighted by molar-refractivity contribution is 0.118. The number of pyridine rings is 1. The van der Waals surface area contributed by atoms with Gasteiger partial charge in [-0.2, -0.15) is 0 Å². The molecule has 2 heterocycles. The van der Waals surface area contributed by atoms with E-state index in [0.717, 1.165) is 34.3 Å². The quantitative estimate of drug-likeness (QED) is 0.329. The minimum atomic E-state index is -0.222. The Morgan fingerprint density at radius 3 is 2.36 bits per heavy atom. The average Bonchev–Trinajstić information content (AvgIpc) is 3.31. The zero-order chi connectivity index (χ0) is 26.0. The highest BCUT2D eigenvalue weighted by atomic mass is 16.1. The Kier molecular flexibility index (Phi) is 7.41. The molecule has 0 amide bonds. The summed E-state index contributed by atoms with van der Waals surface area (Å²) < 4.78 is 1.97. The monoisotopic (exact) mass is 486 g/mol. The molecular weight excluding hydrogens is 448 g/mol. The Hall–Kier alpha value is -3.32. The summed E-state index contributed by atoms with van der Waals surface area (Å²) in [7, 11) is 0. The molecule has 1 N–H and O–H groups in total. The largest absolute Gasteiger partial charge is 0.322 e. The van der Waals surface area contributed by atoms with Gasteiger partial charge in [-0.25, -0.2) is 4.68 Å². The van der Waals surface area contributed by atoms with E-state index in [2.05, 4.69) is 103 Å². The molecule has 0 spiro atoms. The van der Waals surface area contributed by atoms with Gasteiger partial charge in [0, 0.05) is 24.2 Å². The number of aromatic amines is 1. The number of nitrogens with zero attached hydrogens (tertiary/aromatic N) is 5. The van der Waals surface area contributed by atoms with Crippen LogP contribution in [0, 0.1) is 19.8 Å². The van der Waals surface area contributed by atoms with E-state index >= 15 is 0 Å². The fraction of sp³-hybridized carbons (Fsp3) is 0.448. The highest BCUT2D eigenvalue weighted by Gasteiger charge is 2.33. The first-order valence-electron chi connectivity index (χ1n) is 12.8. The van der Waals surface area contributed by atoms with Crippen molar-refractivity contribution in [3.63, 3.8) is 0 Å². The predicted octanol–water partition coefficient (Wildman–Crippen LogP) is 5.68. The van der Waals surface area contributed by atoms with Gasteiger partial charge in [0.1, 0.15) is 0 Å². The van der Waals surface area contributed by atoms with E-state index in [1.54, 1.807) is 0 Å². The van der Waals surface area contributed by atoms with Crippen LogP contribution in [0.5, 0.6) is 0 Å². The summed E-state index contributed by atoms with van der Waals surface area (Å²) >= 11 is 0. The van der Waals surface area contributed by atoms with Crippen LogP contribution in [0.1, 0.15) is 75.2 Å². The van der Waals surface area contributed by atoms with Crippen molar-refractivity contribution in [1.29, 1.82) is 0 Å². The number of rotatable bonds is 9. The summed E-state index contributed by atoms with van der Waals surface area (Å²) in [5.41, 5.74) is 4.85. The van der Waals surface area contributed by atoms with Crippen molar-refractivity contribution in [2.24, 2.45) is 5.92 Å². The lowest BCUT2D eigenvalue weighted by atomic mass is 9.96. The zero-order valence-corrected chi connectivity index (χ0v) is 22.5. The van der Waals surface area contributed by atoms with E-state index in [-0.39, 0.29) is 23.1 Å². The summed E-state index contributed by atoms with van der Waals surface area (Å²) in [5.74, 6) is 1.05. The van der Waals surface area contributed by atoms with Crippen LogP contribution in [0.2, 0.25) is 0 Å². The minimum Gasteiger partial charge on any atom is -0.322 e. The Morgan fingerprint density at radius 1 is 1.00 bits per heavy atom. The van der Waals surface area contributed by atoms with Gasteiger partial charge in [0.05, 0.1) is 11.6 Å². The first-order valence-corrected chi connectivity index (χ1v) is 12.8. The van der Waals surface area contributed by atoms with E-state index < -0.39 is 0 Å². The molecule has 7 heteroatoms. The standard InChI is InChI=1S/C29H38N6O/c1-8-29(6,7)35-27(31-32-33-35)26(19(2)3)34(17-22-12-9-20(4)10-13-22)18-24-16-23-14-11-21(5)15-25(23)30-28(24)36/h9-16,19,26H,8,17-18H2,1-7H3,(H,30,36)/t26-/m1/s1. The molecule has 0 aliphatic rings. The SMILES string of the molecule is CCC(C)(C)n1nnnc1[C@@H](C(C)C)N(Cc1ccc(C)cc1)Cc1cc2ccc(C)cc2[nH]c1=O. The number of aryl methyl sites for hydroxylation is 2. The highest BCUT2D eigenvalue weighted by molar-refractivity contribution is 5.79. The molecule has 0 saturated carbocycles. The normalized spacial score (nSPS) is 13.1. The number of benzene rings is 2. The van der Waals surface area contributed by atoms with E-state index in [1.807, 2.05) is 23.7 Å². The van der Waals surface area contributed by atoms with Crippen LogP contribution in [0.3, 0.4) is 0 Å². The van der Waals surface area contributed by atoms with Crippen LogP contribution in [0.15, 0.2) is 53.3 Å². The topological polar surface area (TPSA) is 79.7 Å². The maximum Gasteiger partial charge on any atom is 0.252 e. The second-order valence-corrected chi connectivity index (χ2v) is 10.9. The Morgan fingerprint density at radius 2 is 1.69 bits per heavy atom. The van der Waals surface area contributed by atoms with E-state index in [1.165, 1.54) is 11.1 Å². The Labute approximate surface area is 213 Å². The molecule has 4 aromatic rings. The fourth-order valence-corrected chi connectivity index (χ4v) is 4.72. The van der Waals surface area contributed by atoms with Gasteiger partial charge < -0.3 is 4.98 Å². The number of aromatic nitrogens is 5. The molecule has 1 atom stereocenters. The van der Waals surface area contributed by atoms with Crippen molar-refractivity contribution in [2.75, 3.05) is 0 Å². The summed E-state index contributed by atoms with van der Waals surface area (Å²) in [6.07, 6.45) is 0.900. The van der Waals surface area contributed by atoms with Crippen molar-refractivity contribution >= 4 is 10.9 Å². The van der Waals surface area contributed by atoms with Crippen LogP contribution in [0.25, 0.3) is 10.9 Å². The minimum absolute atomic E-state index is 0.0574. The molecule has 190 valence electrons. The number of fused-ring (bicyclic) bond motifs is 1. The summed E-state index contributed by atoms with van der Waals surface area (Å²) in [6.45, 7) is 16.1. The molecule has 2 aromatic carbocycles. The smallest absolute Gasteiger partial charge is 0.252 e. The lowest BCUT2D eigenvalue weighted by Gasteiger charge is -2.35. The van der Waals surface area contributed by atoms with Crippen LogP contribution in [-0.4, -0.2) is 30.1 Å². The second kappa shape index (κ2) is 10.3. The summed E-state index contributed by atoms with van der Waals surface area (Å²) in [5, 5.41) is 14.0. The van der Waals surface area contributed by atoms with Gasteiger partial charge in [0.2, 0.25) is 0 Å². The van der Waals surface area contributed by atoms with Crippen molar-refractivity contribution in [1.82, 2.24) is 30.1 Å². The third-order valence-electron chi connectivity index (χ3n) is 7.18. The predicted molar refractivity (Wildman–Crippen MR) is 145 cm³/mol. The van der Waals surface area contributed by atoms with E-state index in [4.69, 9.17) is 0 Å². The van der Waals surface area contributed by atoms with Gasteiger partial charge >= 0.3 is 0 Å². The first-order chi connectivity index (χ1) is 17.1. The number of tetrazole rings is 1. The second-order valence-electron chi connectivity index (χ2n) is 10.9. The molecule has 0 fully saturated rings. The number of nitrogens with one attached hydrogen (secondary N) is 1. The molecule has 0 radical (unpaired) electrons. The van der Waals surface area contributed by atoms with E-state index in [9.17, 15) is 4.79 Å². The molecular formula is C29H38N6O. The molecule has 0 aliphatic heterocycles. The number of hydrogen-bond acceptors (Lipinski definition) is 5. The molecule has 36 heavy (non-hydrogen) atoms. The summed E-state index contributed by atoms with van der Waals surface area (Å²) in [6, 6.07) is 16.7. The molecule has 0 aliphatic carbocycles.